The third-order valence-electron chi connectivity index (χ3n) is 2.40. The maximum absolute atomic E-state index is 5.76. The summed E-state index contributed by atoms with van der Waals surface area (Å²) in [5.41, 5.74) is 8.85. The van der Waals surface area contributed by atoms with E-state index in [1.54, 1.807) is 4.68 Å². The average Bonchev–Trinajstić information content (AvgIpc) is 2.58. The Kier molecular flexibility index (Phi) is 2.96. The van der Waals surface area contributed by atoms with E-state index < -0.39 is 0 Å². The smallest absolute Gasteiger partial charge is 0.169 e. The third kappa shape index (κ3) is 1.95. The summed E-state index contributed by atoms with van der Waals surface area (Å²) in [5, 5.41) is 7.96. The summed E-state index contributed by atoms with van der Waals surface area (Å²) in [6, 6.07) is 6.10. The van der Waals surface area contributed by atoms with Gasteiger partial charge in [0.15, 0.2) is 5.82 Å². The molecule has 0 unspecified atom stereocenters. The minimum atomic E-state index is 0.500. The lowest BCUT2D eigenvalue weighted by Gasteiger charge is -2.06. The number of aromatic nitrogens is 3. The van der Waals surface area contributed by atoms with E-state index >= 15 is 0 Å². The fraction of sp³-hybridized carbons (Fsp3) is 0.273. The number of nitrogens with zero attached hydrogens (tertiary/aromatic N) is 3. The van der Waals surface area contributed by atoms with Gasteiger partial charge in [0.05, 0.1) is 11.4 Å². The van der Waals surface area contributed by atoms with Gasteiger partial charge in [-0.2, -0.15) is 0 Å². The Morgan fingerprint density at radius 1 is 1.38 bits per heavy atom. The summed E-state index contributed by atoms with van der Waals surface area (Å²) in [7, 11) is 0. The van der Waals surface area contributed by atoms with Crippen molar-refractivity contribution in [1.82, 2.24) is 15.0 Å². The number of aryl methyl sites for hydroxylation is 1. The highest BCUT2D eigenvalue weighted by Crippen LogP contribution is 2.20. The molecule has 84 valence electrons. The van der Waals surface area contributed by atoms with Crippen LogP contribution in [0.5, 0.6) is 0 Å². The molecule has 0 aliphatic heterocycles. The third-order valence-corrected chi connectivity index (χ3v) is 2.86. The molecule has 0 aliphatic rings. The molecule has 0 fully saturated rings. The van der Waals surface area contributed by atoms with Crippen LogP contribution in [0.4, 0.5) is 5.82 Å². The molecule has 0 saturated carbocycles. The highest BCUT2D eigenvalue weighted by Gasteiger charge is 2.10. The predicted molar refractivity (Wildman–Crippen MR) is 67.6 cm³/mol. The largest absolute Gasteiger partial charge is 0.381 e. The lowest BCUT2D eigenvalue weighted by molar-refractivity contribution is 0.766. The number of benzene rings is 1. The molecule has 2 N–H and O–H groups in total. The first-order valence-electron chi connectivity index (χ1n) is 5.09. The van der Waals surface area contributed by atoms with Gasteiger partial charge in [-0.3, -0.25) is 0 Å². The van der Waals surface area contributed by atoms with Gasteiger partial charge in [-0.15, -0.1) is 5.10 Å². The molecule has 0 spiro atoms. The van der Waals surface area contributed by atoms with Crippen LogP contribution in [0.25, 0.3) is 5.69 Å². The Morgan fingerprint density at radius 3 is 2.75 bits per heavy atom. The average molecular weight is 281 g/mol. The van der Waals surface area contributed by atoms with Gasteiger partial charge in [-0.1, -0.05) is 28.1 Å². The summed E-state index contributed by atoms with van der Waals surface area (Å²) >= 11 is 3.47. The van der Waals surface area contributed by atoms with E-state index in [0.29, 0.717) is 5.82 Å². The van der Waals surface area contributed by atoms with E-state index in [-0.39, 0.29) is 0 Å². The van der Waals surface area contributed by atoms with E-state index in [4.69, 9.17) is 5.73 Å². The molecule has 16 heavy (non-hydrogen) atoms. The van der Waals surface area contributed by atoms with E-state index in [0.717, 1.165) is 22.3 Å². The van der Waals surface area contributed by atoms with Crippen LogP contribution < -0.4 is 5.73 Å². The molecule has 0 bridgehead atoms. The lowest BCUT2D eigenvalue weighted by Crippen LogP contribution is -2.03. The van der Waals surface area contributed by atoms with Gasteiger partial charge in [-0.05, 0) is 37.1 Å². The van der Waals surface area contributed by atoms with Gasteiger partial charge < -0.3 is 5.73 Å². The molecule has 2 aromatic rings. The van der Waals surface area contributed by atoms with Crippen molar-refractivity contribution < 1.29 is 0 Å². The zero-order valence-electron chi connectivity index (χ0n) is 9.24. The normalized spacial score (nSPS) is 10.7. The standard InChI is InChI=1S/C11H13BrN4/c1-3-10-11(13)14-15-16(10)9-5-7(2)4-8(12)6-9/h4-6H,3,13H2,1-2H3. The second-order valence-electron chi connectivity index (χ2n) is 3.67. The highest BCUT2D eigenvalue weighted by molar-refractivity contribution is 9.10. The molecule has 0 amide bonds. The Labute approximate surface area is 103 Å². The minimum absolute atomic E-state index is 0.500. The minimum Gasteiger partial charge on any atom is -0.381 e. The molecule has 0 aliphatic carbocycles. The molecular weight excluding hydrogens is 268 g/mol. The van der Waals surface area contributed by atoms with E-state index in [1.165, 1.54) is 5.56 Å². The van der Waals surface area contributed by atoms with Crippen LogP contribution in [0.3, 0.4) is 0 Å². The van der Waals surface area contributed by atoms with Crippen LogP contribution in [0.2, 0.25) is 0 Å². The van der Waals surface area contributed by atoms with Crippen molar-refractivity contribution in [3.05, 3.63) is 33.9 Å². The summed E-state index contributed by atoms with van der Waals surface area (Å²) in [6.45, 7) is 4.08. The van der Waals surface area contributed by atoms with Crippen molar-refractivity contribution in [1.29, 1.82) is 0 Å². The maximum Gasteiger partial charge on any atom is 0.169 e. The molecule has 0 radical (unpaired) electrons. The van der Waals surface area contributed by atoms with Gasteiger partial charge in [-0.25, -0.2) is 4.68 Å². The van der Waals surface area contributed by atoms with Gasteiger partial charge in [0, 0.05) is 4.47 Å². The zero-order chi connectivity index (χ0) is 11.7. The predicted octanol–water partition coefficient (Wildman–Crippen LogP) is 2.48. The van der Waals surface area contributed by atoms with Gasteiger partial charge in [0.25, 0.3) is 0 Å². The molecule has 5 heteroatoms. The Bertz CT molecular complexity index is 498. The molecular formula is C11H13BrN4. The number of hydrogen-bond donors (Lipinski definition) is 1. The van der Waals surface area contributed by atoms with E-state index in [2.05, 4.69) is 38.4 Å². The summed E-state index contributed by atoms with van der Waals surface area (Å²) in [4.78, 5) is 0. The van der Waals surface area contributed by atoms with Crippen molar-refractivity contribution >= 4 is 21.7 Å². The van der Waals surface area contributed by atoms with E-state index in [1.807, 2.05) is 19.9 Å². The van der Waals surface area contributed by atoms with Gasteiger partial charge >= 0.3 is 0 Å². The van der Waals surface area contributed by atoms with Crippen LogP contribution in [-0.2, 0) is 6.42 Å². The SMILES string of the molecule is CCc1c(N)nnn1-c1cc(C)cc(Br)c1. The molecule has 0 saturated heterocycles. The van der Waals surface area contributed by atoms with Crippen molar-refractivity contribution in [2.45, 2.75) is 20.3 Å². The zero-order valence-corrected chi connectivity index (χ0v) is 10.8. The number of hydrogen-bond acceptors (Lipinski definition) is 3. The van der Waals surface area contributed by atoms with Gasteiger partial charge in [0.1, 0.15) is 0 Å². The van der Waals surface area contributed by atoms with Crippen molar-refractivity contribution in [2.75, 3.05) is 5.73 Å². The van der Waals surface area contributed by atoms with Gasteiger partial charge in [0.2, 0.25) is 0 Å². The second kappa shape index (κ2) is 4.25. The number of halogens is 1. The first kappa shape index (κ1) is 11.1. The Hall–Kier alpha value is -1.36. The van der Waals surface area contributed by atoms with Crippen LogP contribution in [0.1, 0.15) is 18.2 Å². The van der Waals surface area contributed by atoms with Crippen LogP contribution >= 0.6 is 15.9 Å². The van der Waals surface area contributed by atoms with E-state index in [9.17, 15) is 0 Å². The molecule has 1 aromatic carbocycles. The molecule has 1 aromatic heterocycles. The number of anilines is 1. The number of rotatable bonds is 2. The monoisotopic (exact) mass is 280 g/mol. The first-order valence-corrected chi connectivity index (χ1v) is 5.88. The fourth-order valence-corrected chi connectivity index (χ4v) is 2.29. The topological polar surface area (TPSA) is 56.7 Å². The lowest BCUT2D eigenvalue weighted by atomic mass is 10.2. The summed E-state index contributed by atoms with van der Waals surface area (Å²) < 4.78 is 2.81. The second-order valence-corrected chi connectivity index (χ2v) is 4.59. The molecule has 1 heterocycles. The van der Waals surface area contributed by atoms with Crippen LogP contribution in [-0.4, -0.2) is 15.0 Å². The van der Waals surface area contributed by atoms with Crippen molar-refractivity contribution in [3.63, 3.8) is 0 Å². The van der Waals surface area contributed by atoms with Crippen molar-refractivity contribution in [2.24, 2.45) is 0 Å². The Morgan fingerprint density at radius 2 is 2.12 bits per heavy atom. The number of nitrogens with two attached hydrogens (primary N) is 1. The fourth-order valence-electron chi connectivity index (χ4n) is 1.69. The molecule has 2 rings (SSSR count). The van der Waals surface area contributed by atoms with Crippen LogP contribution in [0.15, 0.2) is 22.7 Å². The first-order chi connectivity index (χ1) is 7.61. The van der Waals surface area contributed by atoms with Crippen LogP contribution in [0, 0.1) is 6.92 Å². The molecule has 0 atom stereocenters. The van der Waals surface area contributed by atoms with Crippen molar-refractivity contribution in [3.8, 4) is 5.69 Å². The number of nitrogen functional groups attached to an aromatic ring is 1. The summed E-state index contributed by atoms with van der Waals surface area (Å²) in [5.74, 6) is 0.500. The maximum atomic E-state index is 5.76. The quantitative estimate of drug-likeness (QED) is 0.920. The Balaban J connectivity index is 2.58. The molecule has 4 nitrogen and oxygen atoms in total. The highest BCUT2D eigenvalue weighted by atomic mass is 79.9. The summed E-state index contributed by atoms with van der Waals surface area (Å²) in [6.07, 6.45) is 0.810.